The molecule has 0 bridgehead atoms. The lowest BCUT2D eigenvalue weighted by Crippen LogP contribution is -2.30. The van der Waals surface area contributed by atoms with Gasteiger partial charge in [0.1, 0.15) is 0 Å². The number of nitrogens with zero attached hydrogens (tertiary/aromatic N) is 1. The van der Waals surface area contributed by atoms with Gasteiger partial charge >= 0.3 is 0 Å². The van der Waals surface area contributed by atoms with E-state index < -0.39 is 0 Å². The van der Waals surface area contributed by atoms with E-state index in [1.165, 1.54) is 56.1 Å². The van der Waals surface area contributed by atoms with Crippen LogP contribution >= 0.6 is 0 Å². The number of benzene rings is 4. The molecule has 2 heterocycles. The van der Waals surface area contributed by atoms with Crippen LogP contribution in [0.4, 0.5) is 22.7 Å². The molecule has 0 atom stereocenters. The van der Waals surface area contributed by atoms with Gasteiger partial charge in [0.2, 0.25) is 0 Å². The van der Waals surface area contributed by atoms with Gasteiger partial charge in [0.05, 0.1) is 0 Å². The average Bonchev–Trinajstić information content (AvgIpc) is 2.82. The Morgan fingerprint density at radius 2 is 1.09 bits per heavy atom. The van der Waals surface area contributed by atoms with E-state index in [0.29, 0.717) is 0 Å². The van der Waals surface area contributed by atoms with Crippen LogP contribution in [0.3, 0.4) is 0 Å². The van der Waals surface area contributed by atoms with Gasteiger partial charge in [-0.3, -0.25) is 0 Å². The molecule has 0 unspecified atom stereocenters. The van der Waals surface area contributed by atoms with Gasteiger partial charge in [-0.1, -0.05) is 76.2 Å². The number of rotatable bonds is 1. The Labute approximate surface area is 196 Å². The minimum Gasteiger partial charge on any atom is -0.355 e. The first kappa shape index (κ1) is 20.1. The third kappa shape index (κ3) is 2.80. The molecule has 4 aromatic rings. The van der Waals surface area contributed by atoms with Gasteiger partial charge in [0.25, 0.3) is 0 Å². The van der Waals surface area contributed by atoms with Crippen molar-refractivity contribution in [1.82, 2.24) is 0 Å². The molecule has 0 radical (unpaired) electrons. The highest BCUT2D eigenvalue weighted by atomic mass is 15.1. The van der Waals surface area contributed by atoms with Crippen molar-refractivity contribution in [1.29, 1.82) is 0 Å². The summed E-state index contributed by atoms with van der Waals surface area (Å²) in [5.41, 5.74) is 12.9. The van der Waals surface area contributed by atoms with Crippen LogP contribution in [0.1, 0.15) is 49.9 Å². The zero-order chi connectivity index (χ0) is 23.0. The summed E-state index contributed by atoms with van der Waals surface area (Å²) in [6.07, 6.45) is 0. The lowest BCUT2D eigenvalue weighted by molar-refractivity contribution is 0.629. The highest BCUT2D eigenvalue weighted by Gasteiger charge is 2.36. The van der Waals surface area contributed by atoms with Crippen molar-refractivity contribution >= 4 is 22.7 Å². The molecule has 0 amide bonds. The fourth-order valence-corrected chi connectivity index (χ4v) is 5.86. The first-order chi connectivity index (χ1) is 15.8. The van der Waals surface area contributed by atoms with Crippen molar-refractivity contribution in [2.45, 2.75) is 38.5 Å². The summed E-state index contributed by atoms with van der Waals surface area (Å²) in [6.45, 7) is 9.35. The Balaban J connectivity index is 1.48. The molecule has 6 rings (SSSR count). The number of anilines is 4. The van der Waals surface area contributed by atoms with Crippen LogP contribution in [0, 0.1) is 0 Å². The fraction of sp³-hybridized carbons (Fsp3) is 0.226. The van der Waals surface area contributed by atoms with Crippen LogP contribution < -0.4 is 10.2 Å². The molecular formula is C31H30N2. The number of para-hydroxylation sites is 2. The smallest absolute Gasteiger partial charge is 0.0450 e. The van der Waals surface area contributed by atoms with Gasteiger partial charge in [0, 0.05) is 40.6 Å². The summed E-state index contributed by atoms with van der Waals surface area (Å²) in [5, 5.41) is 3.65. The lowest BCUT2D eigenvalue weighted by Gasteiger charge is -2.40. The Hall–Kier alpha value is -3.52. The second-order valence-corrected chi connectivity index (χ2v) is 10.5. The van der Waals surface area contributed by atoms with E-state index in [0.717, 1.165) is 0 Å². The minimum atomic E-state index is -0.0557. The zero-order valence-corrected chi connectivity index (χ0v) is 20.0. The summed E-state index contributed by atoms with van der Waals surface area (Å²) >= 11 is 0. The SMILES string of the molecule is CN1c2ccccc2C(C)(C)c2cc(-c3ccc4c(c3)C(C)(C)c3ccccc3N4)ccc21. The first-order valence-electron chi connectivity index (χ1n) is 11.8. The quantitative estimate of drug-likeness (QED) is 0.328. The third-order valence-electron chi connectivity index (χ3n) is 7.87. The minimum absolute atomic E-state index is 0.0532. The Bertz CT molecular complexity index is 1410. The summed E-state index contributed by atoms with van der Waals surface area (Å²) in [6, 6.07) is 31.3. The summed E-state index contributed by atoms with van der Waals surface area (Å²) in [4.78, 5) is 2.33. The molecule has 0 fully saturated rings. The molecule has 0 saturated heterocycles. The maximum Gasteiger partial charge on any atom is 0.0450 e. The Morgan fingerprint density at radius 1 is 0.545 bits per heavy atom. The standard InChI is InChI=1S/C31H30N2/c1-30(2)22-10-6-8-12-26(22)32-27-16-14-20(18-24(27)30)21-15-17-29-25(19-21)31(3,4)23-11-7-9-13-28(23)33(29)5/h6-19,32H,1-5H3. The molecule has 164 valence electrons. The molecule has 2 aliphatic rings. The van der Waals surface area contributed by atoms with E-state index in [4.69, 9.17) is 0 Å². The molecule has 2 aliphatic heterocycles. The average molecular weight is 431 g/mol. The number of fused-ring (bicyclic) bond motifs is 4. The van der Waals surface area contributed by atoms with Crippen molar-refractivity contribution in [2.75, 3.05) is 17.3 Å². The van der Waals surface area contributed by atoms with Crippen LogP contribution in [0.5, 0.6) is 0 Å². The fourth-order valence-electron chi connectivity index (χ4n) is 5.86. The van der Waals surface area contributed by atoms with Crippen molar-refractivity contribution in [3.05, 3.63) is 107 Å². The highest BCUT2D eigenvalue weighted by Crippen LogP contribution is 2.50. The van der Waals surface area contributed by atoms with Crippen LogP contribution in [0.2, 0.25) is 0 Å². The van der Waals surface area contributed by atoms with Crippen LogP contribution in [0.25, 0.3) is 11.1 Å². The van der Waals surface area contributed by atoms with Crippen molar-refractivity contribution < 1.29 is 0 Å². The molecule has 33 heavy (non-hydrogen) atoms. The summed E-state index contributed by atoms with van der Waals surface area (Å²) in [7, 11) is 2.18. The molecule has 0 saturated carbocycles. The second-order valence-electron chi connectivity index (χ2n) is 10.5. The highest BCUT2D eigenvalue weighted by molar-refractivity contribution is 5.83. The maximum absolute atomic E-state index is 3.65. The molecular weight excluding hydrogens is 400 g/mol. The second kappa shape index (κ2) is 6.74. The van der Waals surface area contributed by atoms with Crippen molar-refractivity contribution in [3.63, 3.8) is 0 Å². The Kier molecular flexibility index (Phi) is 4.11. The predicted octanol–water partition coefficient (Wildman–Crippen LogP) is 8.14. The van der Waals surface area contributed by atoms with E-state index >= 15 is 0 Å². The maximum atomic E-state index is 3.65. The summed E-state index contributed by atoms with van der Waals surface area (Å²) in [5.74, 6) is 0. The predicted molar refractivity (Wildman–Crippen MR) is 140 cm³/mol. The molecule has 2 heteroatoms. The number of hydrogen-bond acceptors (Lipinski definition) is 2. The van der Waals surface area contributed by atoms with Crippen molar-refractivity contribution in [3.8, 4) is 11.1 Å². The molecule has 1 N–H and O–H groups in total. The number of nitrogens with one attached hydrogen (secondary N) is 1. The van der Waals surface area contributed by atoms with Crippen LogP contribution in [-0.2, 0) is 10.8 Å². The molecule has 0 aliphatic carbocycles. The largest absolute Gasteiger partial charge is 0.355 e. The van der Waals surface area contributed by atoms with E-state index in [2.05, 4.69) is 130 Å². The Morgan fingerprint density at radius 3 is 1.88 bits per heavy atom. The lowest BCUT2D eigenvalue weighted by atomic mass is 9.72. The number of hydrogen-bond donors (Lipinski definition) is 1. The van der Waals surface area contributed by atoms with Gasteiger partial charge in [-0.2, -0.15) is 0 Å². The van der Waals surface area contributed by atoms with E-state index in [-0.39, 0.29) is 10.8 Å². The molecule has 0 aromatic heterocycles. The van der Waals surface area contributed by atoms with Gasteiger partial charge < -0.3 is 10.2 Å². The molecule has 4 aromatic carbocycles. The van der Waals surface area contributed by atoms with E-state index in [1.54, 1.807) is 0 Å². The van der Waals surface area contributed by atoms with Crippen LogP contribution in [0.15, 0.2) is 84.9 Å². The van der Waals surface area contributed by atoms with Gasteiger partial charge in [-0.25, -0.2) is 0 Å². The normalized spacial score (nSPS) is 16.7. The first-order valence-corrected chi connectivity index (χ1v) is 11.8. The van der Waals surface area contributed by atoms with Gasteiger partial charge in [-0.05, 0) is 69.8 Å². The van der Waals surface area contributed by atoms with E-state index in [1.807, 2.05) is 0 Å². The van der Waals surface area contributed by atoms with Crippen molar-refractivity contribution in [2.24, 2.45) is 0 Å². The van der Waals surface area contributed by atoms with Gasteiger partial charge in [-0.15, -0.1) is 0 Å². The summed E-state index contributed by atoms with van der Waals surface area (Å²) < 4.78 is 0. The molecule has 2 nitrogen and oxygen atoms in total. The van der Waals surface area contributed by atoms with Gasteiger partial charge in [0.15, 0.2) is 0 Å². The topological polar surface area (TPSA) is 15.3 Å². The van der Waals surface area contributed by atoms with Crippen LogP contribution in [-0.4, -0.2) is 7.05 Å². The molecule has 0 spiro atoms. The van der Waals surface area contributed by atoms with E-state index in [9.17, 15) is 0 Å². The monoisotopic (exact) mass is 430 g/mol. The zero-order valence-electron chi connectivity index (χ0n) is 20.0. The third-order valence-corrected chi connectivity index (χ3v) is 7.87.